The third kappa shape index (κ3) is 6.08. The van der Waals surface area contributed by atoms with Crippen molar-refractivity contribution in [2.75, 3.05) is 26.4 Å². The Labute approximate surface area is 171 Å². The van der Waals surface area contributed by atoms with E-state index in [0.29, 0.717) is 0 Å². The van der Waals surface area contributed by atoms with Crippen LogP contribution in [0.3, 0.4) is 0 Å². The van der Waals surface area contributed by atoms with E-state index < -0.39 is 52.1 Å². The molecular weight excluding hydrogens is 420 g/mol. The van der Waals surface area contributed by atoms with Gasteiger partial charge in [-0.3, -0.25) is 8.37 Å². The van der Waals surface area contributed by atoms with E-state index >= 15 is 0 Å². The highest BCUT2D eigenvalue weighted by atomic mass is 32.2. The summed E-state index contributed by atoms with van der Waals surface area (Å²) in [6.45, 7) is 0.753. The first kappa shape index (κ1) is 23.5. The van der Waals surface area contributed by atoms with Gasteiger partial charge in [0.2, 0.25) is 0 Å². The Morgan fingerprint density at radius 2 is 1.00 bits per heavy atom. The van der Waals surface area contributed by atoms with Gasteiger partial charge in [0, 0.05) is 0 Å². The van der Waals surface area contributed by atoms with Crippen LogP contribution < -0.4 is 0 Å². The molecule has 160 valence electrons. The molecular formula is C19H24O8S2. The average Bonchev–Trinajstić information content (AvgIpc) is 2.69. The summed E-state index contributed by atoms with van der Waals surface area (Å²) in [7, 11) is -8.34. The van der Waals surface area contributed by atoms with Crippen molar-refractivity contribution in [3.05, 3.63) is 59.7 Å². The number of hydrogen-bond acceptors (Lipinski definition) is 8. The van der Waals surface area contributed by atoms with E-state index in [1.165, 1.54) is 24.3 Å². The van der Waals surface area contributed by atoms with E-state index in [4.69, 9.17) is 8.37 Å². The minimum Gasteiger partial charge on any atom is -0.396 e. The highest BCUT2D eigenvalue weighted by Crippen LogP contribution is 2.24. The molecule has 2 aromatic carbocycles. The van der Waals surface area contributed by atoms with Crippen LogP contribution in [0.4, 0.5) is 0 Å². The summed E-state index contributed by atoms with van der Waals surface area (Å²) in [5, 5.41) is 19.3. The fourth-order valence-electron chi connectivity index (χ4n) is 2.23. The second-order valence-corrected chi connectivity index (χ2v) is 10.1. The molecule has 8 nitrogen and oxygen atoms in total. The van der Waals surface area contributed by atoms with Gasteiger partial charge in [-0.15, -0.1) is 0 Å². The van der Waals surface area contributed by atoms with E-state index in [9.17, 15) is 27.0 Å². The molecule has 0 atom stereocenters. The van der Waals surface area contributed by atoms with E-state index in [2.05, 4.69) is 0 Å². The number of rotatable bonds is 10. The number of aliphatic hydroxyl groups excluding tert-OH is 2. The highest BCUT2D eigenvalue weighted by Gasteiger charge is 2.35. The molecule has 0 heterocycles. The topological polar surface area (TPSA) is 127 Å². The van der Waals surface area contributed by atoms with Crippen molar-refractivity contribution >= 4 is 20.2 Å². The zero-order valence-corrected chi connectivity index (χ0v) is 17.7. The summed E-state index contributed by atoms with van der Waals surface area (Å²) in [5.41, 5.74) is 0.0765. The van der Waals surface area contributed by atoms with Gasteiger partial charge >= 0.3 is 0 Å². The van der Waals surface area contributed by atoms with Crippen LogP contribution in [0.2, 0.25) is 0 Å². The van der Waals surface area contributed by atoms with Crippen LogP contribution in [0.25, 0.3) is 0 Å². The van der Waals surface area contributed by atoms with Gasteiger partial charge in [-0.25, -0.2) is 0 Å². The van der Waals surface area contributed by atoms with Crippen molar-refractivity contribution in [2.45, 2.75) is 23.6 Å². The van der Waals surface area contributed by atoms with Gasteiger partial charge in [-0.2, -0.15) is 16.8 Å². The lowest BCUT2D eigenvalue weighted by atomic mass is 9.93. The zero-order chi connectivity index (χ0) is 21.7. The first-order valence-corrected chi connectivity index (χ1v) is 11.5. The summed E-state index contributed by atoms with van der Waals surface area (Å²) >= 11 is 0. The van der Waals surface area contributed by atoms with Gasteiger partial charge in [0.25, 0.3) is 20.2 Å². The average molecular weight is 445 g/mol. The molecule has 0 radical (unpaired) electrons. The predicted octanol–water partition coefficient (Wildman–Crippen LogP) is 1.39. The summed E-state index contributed by atoms with van der Waals surface area (Å²) in [4.78, 5) is -0.192. The molecule has 0 aromatic heterocycles. The third-order valence-electron chi connectivity index (χ3n) is 4.33. The van der Waals surface area contributed by atoms with Gasteiger partial charge in [-0.1, -0.05) is 35.4 Å². The van der Waals surface area contributed by atoms with Crippen molar-refractivity contribution < 1.29 is 35.4 Å². The summed E-state index contributed by atoms with van der Waals surface area (Å²) in [5.74, 6) is 0. The molecule has 0 saturated carbocycles. The number of benzene rings is 2. The molecule has 0 aliphatic heterocycles. The molecule has 0 bridgehead atoms. The maximum absolute atomic E-state index is 12.3. The minimum atomic E-state index is -4.17. The molecule has 2 N–H and O–H groups in total. The summed E-state index contributed by atoms with van der Waals surface area (Å²) in [6.07, 6.45) is 0. The molecule has 0 unspecified atom stereocenters. The van der Waals surface area contributed by atoms with Gasteiger partial charge in [-0.05, 0) is 38.1 Å². The third-order valence-corrected chi connectivity index (χ3v) is 6.89. The Hall–Kier alpha value is -1.82. The standard InChI is InChI=1S/C19H24O8S2/c1-15-3-7-17(8-4-15)28(22,23)26-13-19(11-20,12-21)14-27-29(24,25)18-9-5-16(2)6-10-18/h3-10,20-21H,11-14H2,1-2H3. The number of aliphatic hydroxyl groups is 2. The Balaban J connectivity index is 2.12. The van der Waals surface area contributed by atoms with Crippen LogP contribution in [0, 0.1) is 19.3 Å². The van der Waals surface area contributed by atoms with Crippen LogP contribution in [-0.2, 0) is 28.6 Å². The SMILES string of the molecule is Cc1ccc(S(=O)(=O)OCC(CO)(CO)COS(=O)(=O)c2ccc(C)cc2)cc1. The minimum absolute atomic E-state index is 0.0962. The van der Waals surface area contributed by atoms with E-state index in [0.717, 1.165) is 11.1 Å². The van der Waals surface area contributed by atoms with Crippen molar-refractivity contribution in [1.82, 2.24) is 0 Å². The Kier molecular flexibility index (Phi) is 7.55. The fourth-order valence-corrected chi connectivity index (χ4v) is 4.25. The highest BCUT2D eigenvalue weighted by molar-refractivity contribution is 7.87. The fraction of sp³-hybridized carbons (Fsp3) is 0.368. The van der Waals surface area contributed by atoms with Crippen LogP contribution in [0.1, 0.15) is 11.1 Å². The summed E-state index contributed by atoms with van der Waals surface area (Å²) in [6, 6.07) is 11.8. The first-order chi connectivity index (χ1) is 13.5. The summed E-state index contributed by atoms with van der Waals surface area (Å²) < 4.78 is 59.3. The molecule has 0 aliphatic rings. The Morgan fingerprint density at radius 1 is 0.690 bits per heavy atom. The lowest BCUT2D eigenvalue weighted by Gasteiger charge is -2.28. The number of aryl methyl sites for hydroxylation is 2. The monoisotopic (exact) mass is 444 g/mol. The predicted molar refractivity (Wildman–Crippen MR) is 105 cm³/mol. The van der Waals surface area contributed by atoms with Crippen molar-refractivity contribution in [1.29, 1.82) is 0 Å². The maximum Gasteiger partial charge on any atom is 0.296 e. The molecule has 0 saturated heterocycles. The van der Waals surface area contributed by atoms with Gasteiger partial charge in [0.1, 0.15) is 0 Å². The lowest BCUT2D eigenvalue weighted by Crippen LogP contribution is -2.41. The van der Waals surface area contributed by atoms with Gasteiger partial charge in [0.05, 0.1) is 41.6 Å². The van der Waals surface area contributed by atoms with Crippen molar-refractivity contribution in [2.24, 2.45) is 5.41 Å². The second-order valence-electron chi connectivity index (χ2n) is 6.87. The molecule has 0 spiro atoms. The molecule has 0 amide bonds. The van der Waals surface area contributed by atoms with Crippen molar-refractivity contribution in [3.63, 3.8) is 0 Å². The zero-order valence-electron chi connectivity index (χ0n) is 16.1. The van der Waals surface area contributed by atoms with Crippen LogP contribution in [0.5, 0.6) is 0 Å². The van der Waals surface area contributed by atoms with Gasteiger partial charge < -0.3 is 10.2 Å². The lowest BCUT2D eigenvalue weighted by molar-refractivity contribution is -0.0152. The van der Waals surface area contributed by atoms with Crippen LogP contribution >= 0.6 is 0 Å². The number of hydrogen-bond donors (Lipinski definition) is 2. The Bertz CT molecular complexity index is 925. The molecule has 2 rings (SSSR count). The Morgan fingerprint density at radius 3 is 1.28 bits per heavy atom. The first-order valence-electron chi connectivity index (χ1n) is 8.68. The molecule has 2 aromatic rings. The molecule has 0 aliphatic carbocycles. The molecule has 0 fully saturated rings. The normalized spacial score (nSPS) is 12.8. The smallest absolute Gasteiger partial charge is 0.296 e. The second kappa shape index (κ2) is 9.33. The van der Waals surface area contributed by atoms with Gasteiger partial charge in [0.15, 0.2) is 0 Å². The van der Waals surface area contributed by atoms with Crippen molar-refractivity contribution in [3.8, 4) is 0 Å². The largest absolute Gasteiger partial charge is 0.396 e. The van der Waals surface area contributed by atoms with E-state index in [1.54, 1.807) is 38.1 Å². The maximum atomic E-state index is 12.3. The van der Waals surface area contributed by atoms with E-state index in [1.807, 2.05) is 0 Å². The molecule has 29 heavy (non-hydrogen) atoms. The van der Waals surface area contributed by atoms with E-state index in [-0.39, 0.29) is 9.79 Å². The quantitative estimate of drug-likeness (QED) is 0.526. The van der Waals surface area contributed by atoms with Crippen LogP contribution in [-0.4, -0.2) is 53.5 Å². The molecule has 10 heteroatoms. The van der Waals surface area contributed by atoms with Crippen LogP contribution in [0.15, 0.2) is 58.3 Å².